The van der Waals surface area contributed by atoms with Crippen molar-refractivity contribution in [1.82, 2.24) is 19.3 Å². The molecule has 4 rings (SSSR count). The molecule has 0 radical (unpaired) electrons. The third kappa shape index (κ3) is 5.90. The number of hydrogen-bond donors (Lipinski definition) is 2. The highest BCUT2D eigenvalue weighted by Crippen LogP contribution is 2.39. The average molecular weight is 572 g/mol. The van der Waals surface area contributed by atoms with Crippen LogP contribution in [0.25, 0.3) is 10.6 Å². The molecule has 1 saturated heterocycles. The van der Waals surface area contributed by atoms with Crippen LogP contribution < -0.4 is 10.6 Å². The molecule has 0 spiro atoms. The molecule has 0 atom stereocenters. The number of carbonyl (C=O) groups excluding carboxylic acids is 1. The molecular weight excluding hydrogens is 551 g/mol. The average Bonchev–Trinajstić information content (AvgIpc) is 3.45. The molecule has 37 heavy (non-hydrogen) atoms. The van der Waals surface area contributed by atoms with E-state index in [1.165, 1.54) is 23.5 Å². The number of aromatic nitrogens is 3. The first-order valence-electron chi connectivity index (χ1n) is 10.8. The first-order valence-corrected chi connectivity index (χ1v) is 13.9. The molecule has 10 nitrogen and oxygen atoms in total. The Bertz CT molecular complexity index is 1470. The second kappa shape index (κ2) is 10.3. The first-order chi connectivity index (χ1) is 17.4. The van der Waals surface area contributed by atoms with Crippen molar-refractivity contribution >= 4 is 49.7 Å². The number of anilines is 2. The fourth-order valence-electron chi connectivity index (χ4n) is 3.69. The molecule has 4 heterocycles. The lowest BCUT2D eigenvalue weighted by Crippen LogP contribution is -2.42. The molecule has 3 aromatic rings. The van der Waals surface area contributed by atoms with Gasteiger partial charge in [-0.3, -0.25) is 4.79 Å². The van der Waals surface area contributed by atoms with Crippen LogP contribution in [0.4, 0.5) is 24.3 Å². The van der Waals surface area contributed by atoms with Crippen LogP contribution >= 0.6 is 22.7 Å². The quantitative estimate of drug-likeness (QED) is 0.451. The lowest BCUT2D eigenvalue weighted by atomic mass is 10.1. The molecule has 16 heteroatoms. The van der Waals surface area contributed by atoms with Crippen LogP contribution in [0, 0.1) is 18.3 Å². The van der Waals surface area contributed by atoms with Crippen molar-refractivity contribution in [3.63, 3.8) is 0 Å². The monoisotopic (exact) mass is 571 g/mol. The van der Waals surface area contributed by atoms with Crippen molar-refractivity contribution in [2.45, 2.75) is 43.1 Å². The summed E-state index contributed by atoms with van der Waals surface area (Å²) in [5.74, 6) is -0.380. The molecule has 0 bridgehead atoms. The number of sulfonamides is 1. The Hall–Kier alpha value is -3.13. The van der Waals surface area contributed by atoms with Crippen molar-refractivity contribution in [3.8, 4) is 16.6 Å². The van der Waals surface area contributed by atoms with Crippen molar-refractivity contribution in [1.29, 1.82) is 5.26 Å². The standard InChI is InChI=1S/C21H20F3N7O3S3/c1-11-13(8-25)7-16(35-11)18-15(21(22,23)24)9-26-19(30-18)29-14-3-5-31(6-4-14)37(33,34)17-10-27-20(36-17)28-12(2)32/h7,9-10,14H,3-6H2,1-2H3,(H,26,29,30)(H,27,28,32). The van der Waals surface area contributed by atoms with Gasteiger partial charge in [0.1, 0.15) is 11.6 Å². The number of thiophene rings is 1. The number of thiazole rings is 1. The Labute approximate surface area is 218 Å². The number of piperidine rings is 1. The summed E-state index contributed by atoms with van der Waals surface area (Å²) in [6, 6.07) is 3.06. The topological polar surface area (TPSA) is 141 Å². The van der Waals surface area contributed by atoms with Gasteiger partial charge in [-0.25, -0.2) is 23.4 Å². The minimum Gasteiger partial charge on any atom is -0.351 e. The van der Waals surface area contributed by atoms with Crippen molar-refractivity contribution in [2.24, 2.45) is 0 Å². The van der Waals surface area contributed by atoms with Crippen LogP contribution in [0.1, 0.15) is 35.8 Å². The summed E-state index contributed by atoms with van der Waals surface area (Å²) in [7, 11) is -3.81. The van der Waals surface area contributed by atoms with Crippen LogP contribution in [0.5, 0.6) is 0 Å². The summed E-state index contributed by atoms with van der Waals surface area (Å²) in [6.45, 7) is 3.27. The van der Waals surface area contributed by atoms with Crippen molar-refractivity contribution < 1.29 is 26.4 Å². The van der Waals surface area contributed by atoms with Gasteiger partial charge >= 0.3 is 6.18 Å². The number of nitriles is 1. The van der Waals surface area contributed by atoms with Gasteiger partial charge in [0.15, 0.2) is 9.34 Å². The van der Waals surface area contributed by atoms with Gasteiger partial charge in [0.25, 0.3) is 10.0 Å². The Morgan fingerprint density at radius 3 is 2.51 bits per heavy atom. The SMILES string of the molecule is CC(=O)Nc1ncc(S(=O)(=O)N2CCC(Nc3ncc(C(F)(F)F)c(-c4cc(C#N)c(C)s4)n3)CC2)s1. The van der Waals surface area contributed by atoms with Gasteiger partial charge in [0.2, 0.25) is 11.9 Å². The number of amides is 1. The molecule has 1 aliphatic heterocycles. The van der Waals surface area contributed by atoms with E-state index in [9.17, 15) is 31.6 Å². The van der Waals surface area contributed by atoms with E-state index < -0.39 is 21.8 Å². The van der Waals surface area contributed by atoms with Gasteiger partial charge in [-0.2, -0.15) is 22.7 Å². The number of rotatable bonds is 6. The lowest BCUT2D eigenvalue weighted by molar-refractivity contribution is -0.137. The minimum absolute atomic E-state index is 0.00125. The van der Waals surface area contributed by atoms with Crippen LogP contribution in [-0.2, 0) is 21.0 Å². The highest BCUT2D eigenvalue weighted by atomic mass is 32.2. The predicted molar refractivity (Wildman–Crippen MR) is 132 cm³/mol. The molecule has 1 aliphatic rings. The molecule has 0 saturated carbocycles. The van der Waals surface area contributed by atoms with Gasteiger partial charge in [-0.1, -0.05) is 11.3 Å². The maximum atomic E-state index is 13.6. The highest BCUT2D eigenvalue weighted by molar-refractivity contribution is 7.91. The number of halogens is 3. The Kier molecular flexibility index (Phi) is 7.51. The molecule has 1 fully saturated rings. The third-order valence-electron chi connectivity index (χ3n) is 5.51. The molecule has 1 amide bonds. The lowest BCUT2D eigenvalue weighted by Gasteiger charge is -2.31. The molecule has 0 aliphatic carbocycles. The maximum Gasteiger partial charge on any atom is 0.420 e. The zero-order chi connectivity index (χ0) is 27.0. The maximum absolute atomic E-state index is 13.6. The smallest absolute Gasteiger partial charge is 0.351 e. The van der Waals surface area contributed by atoms with Crippen molar-refractivity contribution in [3.05, 3.63) is 34.5 Å². The Morgan fingerprint density at radius 1 is 1.22 bits per heavy atom. The number of nitrogens with zero attached hydrogens (tertiary/aromatic N) is 5. The van der Waals surface area contributed by atoms with E-state index in [1.807, 2.05) is 6.07 Å². The summed E-state index contributed by atoms with van der Waals surface area (Å²) < 4.78 is 68.1. The van der Waals surface area contributed by atoms with Crippen LogP contribution in [0.15, 0.2) is 22.7 Å². The van der Waals surface area contributed by atoms with E-state index >= 15 is 0 Å². The second-order valence-electron chi connectivity index (χ2n) is 8.13. The predicted octanol–water partition coefficient (Wildman–Crippen LogP) is 4.08. The van der Waals surface area contributed by atoms with Gasteiger partial charge in [0.05, 0.1) is 22.3 Å². The molecule has 0 aromatic carbocycles. The minimum atomic E-state index is -4.69. The molecule has 2 N–H and O–H groups in total. The van der Waals surface area contributed by atoms with E-state index in [4.69, 9.17) is 0 Å². The summed E-state index contributed by atoms with van der Waals surface area (Å²) in [5, 5.41) is 14.8. The number of alkyl halides is 3. The van der Waals surface area contributed by atoms with Crippen LogP contribution in [0.3, 0.4) is 0 Å². The molecule has 3 aromatic heterocycles. The van der Waals surface area contributed by atoms with E-state index in [2.05, 4.69) is 25.6 Å². The number of hydrogen-bond acceptors (Lipinski definition) is 10. The molecular formula is C21H20F3N7O3S3. The first kappa shape index (κ1) is 26.9. The second-order valence-corrected chi connectivity index (χ2v) is 12.6. The van der Waals surface area contributed by atoms with Gasteiger partial charge < -0.3 is 10.6 Å². The summed E-state index contributed by atoms with van der Waals surface area (Å²) >= 11 is 1.89. The Morgan fingerprint density at radius 2 is 1.92 bits per heavy atom. The summed E-state index contributed by atoms with van der Waals surface area (Å²) in [6.07, 6.45) is -2.05. The zero-order valence-corrected chi connectivity index (χ0v) is 21.9. The largest absolute Gasteiger partial charge is 0.420 e. The van der Waals surface area contributed by atoms with Crippen molar-refractivity contribution in [2.75, 3.05) is 23.7 Å². The van der Waals surface area contributed by atoms with E-state index in [0.717, 1.165) is 22.7 Å². The van der Waals surface area contributed by atoms with Gasteiger partial charge in [-0.05, 0) is 25.8 Å². The normalized spacial score (nSPS) is 15.4. The highest BCUT2D eigenvalue weighted by Gasteiger charge is 2.37. The van der Waals surface area contributed by atoms with Gasteiger partial charge in [-0.15, -0.1) is 11.3 Å². The third-order valence-corrected chi connectivity index (χ3v) is 9.82. The Balaban J connectivity index is 1.48. The molecule has 0 unspecified atom stereocenters. The van der Waals surface area contributed by atoms with Gasteiger partial charge in [0, 0.05) is 37.1 Å². The zero-order valence-electron chi connectivity index (χ0n) is 19.5. The van der Waals surface area contributed by atoms with Crippen LogP contribution in [0.2, 0.25) is 0 Å². The number of aryl methyl sites for hydroxylation is 1. The van der Waals surface area contributed by atoms with E-state index in [-0.39, 0.29) is 56.5 Å². The summed E-state index contributed by atoms with van der Waals surface area (Å²) in [4.78, 5) is 23.8. The fraction of sp³-hybridized carbons (Fsp3) is 0.381. The summed E-state index contributed by atoms with van der Waals surface area (Å²) in [5.41, 5.74) is -1.05. The van der Waals surface area contributed by atoms with E-state index in [1.54, 1.807) is 6.92 Å². The number of nitrogens with one attached hydrogen (secondary N) is 2. The van der Waals surface area contributed by atoms with E-state index in [0.29, 0.717) is 23.9 Å². The van der Waals surface area contributed by atoms with Crippen LogP contribution in [-0.4, -0.2) is 52.7 Å². The fourth-order valence-corrected chi connectivity index (χ4v) is 7.37. The molecule has 196 valence electrons. The number of carbonyl (C=O) groups is 1.